The Morgan fingerprint density at radius 3 is 2.29 bits per heavy atom. The molecule has 1 aliphatic carbocycles. The summed E-state index contributed by atoms with van der Waals surface area (Å²) in [4.78, 5) is 71.9. The van der Waals surface area contributed by atoms with Crippen LogP contribution in [-0.4, -0.2) is 131 Å². The molecule has 3 N–H and O–H groups in total. The van der Waals surface area contributed by atoms with E-state index in [-0.39, 0.29) is 54.8 Å². The third-order valence-electron chi connectivity index (χ3n) is 14.6. The van der Waals surface area contributed by atoms with Crippen molar-refractivity contribution in [2.75, 3.05) is 27.4 Å². The van der Waals surface area contributed by atoms with Crippen molar-refractivity contribution in [3.05, 3.63) is 47.6 Å². The quantitative estimate of drug-likeness (QED) is 0.141. The highest BCUT2D eigenvalue weighted by Gasteiger charge is 2.53. The van der Waals surface area contributed by atoms with Gasteiger partial charge in [-0.05, 0) is 114 Å². The number of Topliss-reactive ketones (excluding diaryl/α,β-unsaturated/α-hetero) is 3. The SMILES string of the molecule is CCO[C@H]1C[C@@H]2CC[C@@H](C)[C@@](O)(O2)C(=O)C(=O)N2CCCC[C@H]2C(=O)O[C@H](C(C)C[C@H]2CC[C@@H](O)[C@H](OC)C2)CC(=O)[C@H](C)/C=C(\C)[C@@H](O)[C@@H](OC)C(=O)[C@H](C)C[C@H](C)/C=C/C=C/C=C\1C. The van der Waals surface area contributed by atoms with Crippen LogP contribution in [-0.2, 0) is 47.7 Å². The highest BCUT2D eigenvalue weighted by molar-refractivity contribution is 6.39. The molecule has 1 unspecified atom stereocenters. The van der Waals surface area contributed by atoms with Crippen molar-refractivity contribution in [3.63, 3.8) is 0 Å². The number of hydrogen-bond acceptors (Lipinski definition) is 13. The molecular formula is C52H81NO13. The van der Waals surface area contributed by atoms with Crippen LogP contribution < -0.4 is 0 Å². The monoisotopic (exact) mass is 928 g/mol. The van der Waals surface area contributed by atoms with Gasteiger partial charge in [-0.3, -0.25) is 19.2 Å². The molecule has 372 valence electrons. The second-order valence-electron chi connectivity index (χ2n) is 19.8. The zero-order valence-electron chi connectivity index (χ0n) is 41.3. The first-order valence-corrected chi connectivity index (χ1v) is 24.5. The number of carbonyl (C=O) groups is 5. The molecular weight excluding hydrogens is 847 g/mol. The number of ether oxygens (including phenoxy) is 5. The number of hydrogen-bond donors (Lipinski definition) is 3. The number of fused-ring (bicyclic) bond motifs is 3. The maximum atomic E-state index is 14.4. The van der Waals surface area contributed by atoms with Gasteiger partial charge in [-0.2, -0.15) is 0 Å². The average Bonchev–Trinajstić information content (AvgIpc) is 3.29. The minimum Gasteiger partial charge on any atom is -0.460 e. The molecule has 0 spiro atoms. The molecule has 0 aromatic heterocycles. The van der Waals surface area contributed by atoms with Gasteiger partial charge in [-0.25, -0.2) is 4.79 Å². The maximum Gasteiger partial charge on any atom is 0.329 e. The lowest BCUT2D eigenvalue weighted by Gasteiger charge is -2.43. The second kappa shape index (κ2) is 25.8. The van der Waals surface area contributed by atoms with Crippen molar-refractivity contribution < 1.29 is 63.0 Å². The number of nitrogens with zero attached hydrogens (tertiary/aromatic N) is 1. The predicted molar refractivity (Wildman–Crippen MR) is 250 cm³/mol. The van der Waals surface area contributed by atoms with Crippen molar-refractivity contribution in [1.29, 1.82) is 0 Å². The number of aliphatic hydroxyl groups is 3. The summed E-state index contributed by atoms with van der Waals surface area (Å²) in [6.45, 7) is 15.1. The number of rotatable bonds is 7. The van der Waals surface area contributed by atoms with Crippen molar-refractivity contribution in [2.24, 2.45) is 35.5 Å². The van der Waals surface area contributed by atoms with Gasteiger partial charge >= 0.3 is 5.97 Å². The lowest BCUT2D eigenvalue weighted by molar-refractivity contribution is -0.266. The van der Waals surface area contributed by atoms with Crippen LogP contribution in [0.15, 0.2) is 47.6 Å². The van der Waals surface area contributed by atoms with Crippen LogP contribution in [0.4, 0.5) is 0 Å². The molecule has 14 nitrogen and oxygen atoms in total. The minimum atomic E-state index is -2.43. The Balaban J connectivity index is 1.71. The van der Waals surface area contributed by atoms with Gasteiger partial charge in [0.2, 0.25) is 5.79 Å². The summed E-state index contributed by atoms with van der Waals surface area (Å²) in [5.74, 6) is -7.95. The summed E-state index contributed by atoms with van der Waals surface area (Å²) >= 11 is 0. The predicted octanol–water partition coefficient (Wildman–Crippen LogP) is 6.57. The Morgan fingerprint density at radius 2 is 1.61 bits per heavy atom. The van der Waals surface area contributed by atoms with Crippen LogP contribution in [0, 0.1) is 35.5 Å². The highest BCUT2D eigenvalue weighted by Crippen LogP contribution is 2.38. The smallest absolute Gasteiger partial charge is 0.329 e. The van der Waals surface area contributed by atoms with E-state index in [1.54, 1.807) is 34.0 Å². The van der Waals surface area contributed by atoms with Crippen LogP contribution in [0.1, 0.15) is 132 Å². The standard InChI is InChI=1S/C52H81NO13/c1-11-64-43-29-39-22-20-37(8)52(61,66-39)49(58)50(59)53-24-16-15-19-40(53)51(60)65-44(34(5)27-38-21-23-41(54)45(28-38)62-9)30-42(55)33(4)26-36(7)47(57)48(63-10)46(56)35(6)25-31(2)17-13-12-14-18-32(43)3/h12-14,17-18,26,31,33-35,37-41,43-45,47-48,54,57,61H,11,15-16,19-25,27-30H2,1-10H3/b14-12+,17-13+,32-18-,36-26+/t31-,33-,34?,35-,37-,38-,39+,40+,41-,43+,44+,45-,47-,48+,52-/m1/s1. The Kier molecular flexibility index (Phi) is 21.6. The first-order valence-electron chi connectivity index (χ1n) is 24.5. The van der Waals surface area contributed by atoms with Gasteiger partial charge in [0.15, 0.2) is 5.78 Å². The largest absolute Gasteiger partial charge is 0.460 e. The minimum absolute atomic E-state index is 0.0188. The van der Waals surface area contributed by atoms with Crippen molar-refractivity contribution in [1.82, 2.24) is 4.90 Å². The maximum absolute atomic E-state index is 14.4. The number of carbonyl (C=O) groups excluding carboxylic acids is 5. The van der Waals surface area contributed by atoms with E-state index in [1.807, 2.05) is 65.0 Å². The van der Waals surface area contributed by atoms with E-state index in [1.165, 1.54) is 12.0 Å². The van der Waals surface area contributed by atoms with Gasteiger partial charge < -0.3 is 43.9 Å². The molecule has 0 aromatic rings. The second-order valence-corrected chi connectivity index (χ2v) is 19.8. The number of aliphatic hydroxyl groups excluding tert-OH is 2. The Bertz CT molecular complexity index is 1770. The van der Waals surface area contributed by atoms with Crippen LogP contribution >= 0.6 is 0 Å². The van der Waals surface area contributed by atoms with Gasteiger partial charge in [0.25, 0.3) is 11.7 Å². The Hall–Kier alpha value is -3.37. The van der Waals surface area contributed by atoms with E-state index in [0.29, 0.717) is 70.0 Å². The Morgan fingerprint density at radius 1 is 0.879 bits per heavy atom. The fourth-order valence-corrected chi connectivity index (χ4v) is 10.2. The number of allylic oxidation sites excluding steroid dienone is 6. The fourth-order valence-electron chi connectivity index (χ4n) is 10.2. The molecule has 3 aliphatic heterocycles. The van der Waals surface area contributed by atoms with Crippen LogP contribution in [0.2, 0.25) is 0 Å². The van der Waals surface area contributed by atoms with E-state index >= 15 is 0 Å². The number of methoxy groups -OCH3 is 2. The van der Waals surface area contributed by atoms with Gasteiger partial charge in [0.05, 0.1) is 24.4 Å². The van der Waals surface area contributed by atoms with Gasteiger partial charge in [0, 0.05) is 58.0 Å². The third-order valence-corrected chi connectivity index (χ3v) is 14.6. The van der Waals surface area contributed by atoms with Gasteiger partial charge in [-0.1, -0.05) is 71.1 Å². The first kappa shape index (κ1) is 55.2. The number of cyclic esters (lactones) is 1. The summed E-state index contributed by atoms with van der Waals surface area (Å²) in [6, 6.07) is -1.14. The fraction of sp³-hybridized carbons (Fsp3) is 0.750. The molecule has 0 aromatic carbocycles. The molecule has 1 amide bonds. The number of ketones is 3. The van der Waals surface area contributed by atoms with Crippen molar-refractivity contribution >= 4 is 29.2 Å². The zero-order chi connectivity index (χ0) is 48.9. The summed E-state index contributed by atoms with van der Waals surface area (Å²) in [6.07, 6.45) is 11.3. The lowest BCUT2D eigenvalue weighted by atomic mass is 9.78. The van der Waals surface area contributed by atoms with E-state index in [9.17, 15) is 39.3 Å². The van der Waals surface area contributed by atoms with Crippen LogP contribution in [0.3, 0.4) is 0 Å². The number of piperidine rings is 1. The Labute approximate surface area is 393 Å². The average molecular weight is 928 g/mol. The molecule has 3 heterocycles. The zero-order valence-corrected chi connectivity index (χ0v) is 41.3. The summed E-state index contributed by atoms with van der Waals surface area (Å²) in [5, 5.41) is 33.9. The van der Waals surface area contributed by atoms with E-state index in [2.05, 4.69) is 0 Å². The van der Waals surface area contributed by atoms with E-state index < -0.39 is 83.9 Å². The molecule has 0 radical (unpaired) electrons. The molecule has 1 saturated carbocycles. The molecule has 4 aliphatic rings. The van der Waals surface area contributed by atoms with Crippen molar-refractivity contribution in [3.8, 4) is 0 Å². The molecule has 66 heavy (non-hydrogen) atoms. The van der Waals surface area contributed by atoms with Crippen LogP contribution in [0.25, 0.3) is 0 Å². The molecule has 2 bridgehead atoms. The summed E-state index contributed by atoms with van der Waals surface area (Å²) in [5.41, 5.74) is 1.29. The van der Waals surface area contributed by atoms with E-state index in [0.717, 1.165) is 12.0 Å². The van der Waals surface area contributed by atoms with Crippen molar-refractivity contribution in [2.45, 2.75) is 187 Å². The number of esters is 1. The van der Waals surface area contributed by atoms with Gasteiger partial charge in [0.1, 0.15) is 30.1 Å². The third kappa shape index (κ3) is 14.6. The molecule has 2 saturated heterocycles. The number of amides is 1. The van der Waals surface area contributed by atoms with Gasteiger partial charge in [-0.15, -0.1) is 0 Å². The first-order chi connectivity index (χ1) is 31.2. The summed E-state index contributed by atoms with van der Waals surface area (Å²) < 4.78 is 29.7. The molecule has 3 fully saturated rings. The molecule has 14 heteroatoms. The topological polar surface area (TPSA) is 195 Å². The molecule has 15 atom stereocenters. The normalized spacial score (nSPS) is 40.0. The summed E-state index contributed by atoms with van der Waals surface area (Å²) in [7, 11) is 2.95. The molecule has 4 rings (SSSR count). The van der Waals surface area contributed by atoms with Crippen LogP contribution in [0.5, 0.6) is 0 Å². The lowest BCUT2D eigenvalue weighted by Crippen LogP contribution is -2.61. The van der Waals surface area contributed by atoms with E-state index in [4.69, 9.17) is 23.7 Å². The highest BCUT2D eigenvalue weighted by atomic mass is 16.6.